The summed E-state index contributed by atoms with van der Waals surface area (Å²) in [4.78, 5) is 22.1. The van der Waals surface area contributed by atoms with E-state index in [0.29, 0.717) is 32.0 Å². The topological polar surface area (TPSA) is 47.9 Å². The van der Waals surface area contributed by atoms with E-state index in [1.54, 1.807) is 0 Å². The predicted molar refractivity (Wildman–Crippen MR) is 147 cm³/mol. The summed E-state index contributed by atoms with van der Waals surface area (Å²) in [5.74, 6) is 1.32. The van der Waals surface area contributed by atoms with Gasteiger partial charge in [0.15, 0.2) is 5.84 Å². The molecule has 5 heteroatoms. The number of piperidine rings is 1. The van der Waals surface area contributed by atoms with Crippen molar-refractivity contribution >= 4 is 11.7 Å². The zero-order valence-electron chi connectivity index (χ0n) is 22.3. The van der Waals surface area contributed by atoms with Gasteiger partial charge in [-0.15, -0.1) is 0 Å². The van der Waals surface area contributed by atoms with Gasteiger partial charge in [-0.3, -0.25) is 9.79 Å². The molecular weight excluding hydrogens is 420 g/mol. The summed E-state index contributed by atoms with van der Waals surface area (Å²) in [5, 5.41) is 3.11. The molecule has 34 heavy (non-hydrogen) atoms. The number of hydrogen-bond donors (Lipinski definition) is 1. The van der Waals surface area contributed by atoms with Crippen molar-refractivity contribution in [2.75, 3.05) is 39.3 Å². The Morgan fingerprint density at radius 1 is 1.03 bits per heavy atom. The number of hydrogen-bond acceptors (Lipinski definition) is 4. The van der Waals surface area contributed by atoms with Crippen LogP contribution in [0.15, 0.2) is 59.6 Å². The number of carbonyl (C=O) groups is 1. The van der Waals surface area contributed by atoms with Gasteiger partial charge in [-0.25, -0.2) is 0 Å². The first kappa shape index (κ1) is 29.6. The minimum atomic E-state index is -0.0759. The van der Waals surface area contributed by atoms with E-state index >= 15 is 0 Å². The maximum Gasteiger partial charge on any atom is 0.286 e. The maximum atomic E-state index is 13.0. The van der Waals surface area contributed by atoms with Crippen molar-refractivity contribution in [3.63, 3.8) is 0 Å². The molecule has 1 fully saturated rings. The Morgan fingerprint density at radius 3 is 2.32 bits per heavy atom. The summed E-state index contributed by atoms with van der Waals surface area (Å²) in [6.07, 6.45) is 13.2. The molecule has 1 aromatic carbocycles. The van der Waals surface area contributed by atoms with E-state index in [4.69, 9.17) is 0 Å². The number of allylic oxidation sites excluding steroid dienone is 2. The summed E-state index contributed by atoms with van der Waals surface area (Å²) in [6.45, 7) is 16.2. The summed E-state index contributed by atoms with van der Waals surface area (Å²) >= 11 is 0. The molecule has 0 aromatic heterocycles. The maximum absolute atomic E-state index is 13.0. The van der Waals surface area contributed by atoms with Gasteiger partial charge in [-0.2, -0.15) is 0 Å². The first-order valence-corrected chi connectivity index (χ1v) is 13.3. The molecule has 0 bridgehead atoms. The van der Waals surface area contributed by atoms with Crippen LogP contribution in [0.3, 0.4) is 0 Å². The Hall–Kier alpha value is -2.40. The highest BCUT2D eigenvalue weighted by molar-refractivity contribution is 6.37. The molecule has 1 saturated heterocycles. The number of amidine groups is 1. The highest BCUT2D eigenvalue weighted by Gasteiger charge is 2.21. The van der Waals surface area contributed by atoms with E-state index < -0.39 is 0 Å². The number of likely N-dealkylation sites (tertiary alicyclic amines) is 1. The van der Waals surface area contributed by atoms with E-state index in [1.807, 2.05) is 50.3 Å². The zero-order chi connectivity index (χ0) is 25.0. The predicted octanol–water partition coefficient (Wildman–Crippen LogP) is 5.69. The number of amides is 1. The average molecular weight is 469 g/mol. The number of benzene rings is 1. The van der Waals surface area contributed by atoms with Crippen LogP contribution in [0.5, 0.6) is 0 Å². The molecule has 1 amide bonds. The van der Waals surface area contributed by atoms with Crippen molar-refractivity contribution in [2.24, 2.45) is 10.9 Å². The minimum absolute atomic E-state index is 0.0759. The molecule has 0 atom stereocenters. The largest absolute Gasteiger partial charge is 0.348 e. The summed E-state index contributed by atoms with van der Waals surface area (Å²) in [6, 6.07) is 10.2. The van der Waals surface area contributed by atoms with Gasteiger partial charge in [-0.1, -0.05) is 102 Å². The van der Waals surface area contributed by atoms with Gasteiger partial charge >= 0.3 is 0 Å². The van der Waals surface area contributed by atoms with E-state index in [2.05, 4.69) is 59.1 Å². The van der Waals surface area contributed by atoms with Gasteiger partial charge in [0.05, 0.1) is 6.54 Å². The quantitative estimate of drug-likeness (QED) is 0.559. The minimum Gasteiger partial charge on any atom is -0.348 e. The summed E-state index contributed by atoms with van der Waals surface area (Å²) in [7, 11) is 0. The second-order valence-electron chi connectivity index (χ2n) is 8.54. The van der Waals surface area contributed by atoms with Crippen LogP contribution >= 0.6 is 0 Å². The molecule has 0 spiro atoms. The SMILES string of the molecule is CC.CCC.CCC1CCN(CCNC(=O)C2=NC/C=C\C=C/CN2Cc2ccccc2)CC1. The van der Waals surface area contributed by atoms with Crippen LogP contribution in [0.1, 0.15) is 65.9 Å². The molecule has 1 N–H and O–H groups in total. The molecule has 2 aliphatic rings. The van der Waals surface area contributed by atoms with Crippen LogP contribution in [-0.2, 0) is 11.3 Å². The van der Waals surface area contributed by atoms with Crippen LogP contribution in [0.2, 0.25) is 0 Å². The Bertz CT molecular complexity index is 734. The highest BCUT2D eigenvalue weighted by Crippen LogP contribution is 2.19. The van der Waals surface area contributed by atoms with Gasteiger partial charge < -0.3 is 15.1 Å². The molecular formula is C29H48N4O. The molecule has 2 heterocycles. The van der Waals surface area contributed by atoms with E-state index in [0.717, 1.165) is 25.6 Å². The molecule has 1 aromatic rings. The van der Waals surface area contributed by atoms with E-state index in [1.165, 1.54) is 31.2 Å². The van der Waals surface area contributed by atoms with Crippen LogP contribution in [0, 0.1) is 5.92 Å². The lowest BCUT2D eigenvalue weighted by atomic mass is 9.94. The lowest BCUT2D eigenvalue weighted by molar-refractivity contribution is -0.115. The van der Waals surface area contributed by atoms with E-state index in [-0.39, 0.29) is 5.91 Å². The molecule has 0 aliphatic carbocycles. The number of carbonyl (C=O) groups excluding carboxylic acids is 1. The molecule has 2 aliphatic heterocycles. The third kappa shape index (κ3) is 11.6. The zero-order valence-corrected chi connectivity index (χ0v) is 22.3. The van der Waals surface area contributed by atoms with Gasteiger partial charge in [0.25, 0.3) is 5.91 Å². The average Bonchev–Trinajstić information content (AvgIpc) is 2.99. The second-order valence-corrected chi connectivity index (χ2v) is 8.54. The Balaban J connectivity index is 0.00000107. The molecule has 5 nitrogen and oxygen atoms in total. The highest BCUT2D eigenvalue weighted by atomic mass is 16.2. The number of nitrogens with one attached hydrogen (secondary N) is 1. The van der Waals surface area contributed by atoms with Crippen LogP contribution in [-0.4, -0.2) is 60.8 Å². The number of nitrogens with zero attached hydrogens (tertiary/aromatic N) is 3. The molecule has 0 radical (unpaired) electrons. The van der Waals surface area contributed by atoms with Crippen LogP contribution in [0.25, 0.3) is 0 Å². The molecule has 3 rings (SSSR count). The lowest BCUT2D eigenvalue weighted by Gasteiger charge is -2.31. The lowest BCUT2D eigenvalue weighted by Crippen LogP contribution is -2.46. The third-order valence-corrected chi connectivity index (χ3v) is 5.77. The monoisotopic (exact) mass is 468 g/mol. The fraction of sp³-hybridized carbons (Fsp3) is 0.586. The number of rotatable bonds is 7. The van der Waals surface area contributed by atoms with Gasteiger partial charge in [0, 0.05) is 26.2 Å². The summed E-state index contributed by atoms with van der Waals surface area (Å²) in [5.41, 5.74) is 1.17. The van der Waals surface area contributed by atoms with Crippen molar-refractivity contribution < 1.29 is 4.79 Å². The molecule has 0 saturated carbocycles. The normalized spacial score (nSPS) is 18.5. The smallest absolute Gasteiger partial charge is 0.286 e. The van der Waals surface area contributed by atoms with Crippen LogP contribution in [0.4, 0.5) is 0 Å². The fourth-order valence-electron chi connectivity index (χ4n) is 3.92. The Kier molecular flexibility index (Phi) is 16.5. The van der Waals surface area contributed by atoms with Gasteiger partial charge in [-0.05, 0) is 37.4 Å². The molecule has 190 valence electrons. The van der Waals surface area contributed by atoms with Crippen LogP contribution < -0.4 is 5.32 Å². The summed E-state index contributed by atoms with van der Waals surface area (Å²) < 4.78 is 0. The van der Waals surface area contributed by atoms with Crippen molar-refractivity contribution in [2.45, 2.75) is 66.8 Å². The Morgan fingerprint density at radius 2 is 1.68 bits per heavy atom. The van der Waals surface area contributed by atoms with Gasteiger partial charge in [0.2, 0.25) is 0 Å². The number of aliphatic imine (C=N–C) groups is 1. The Labute approximate surface area is 209 Å². The van der Waals surface area contributed by atoms with Gasteiger partial charge in [0.1, 0.15) is 0 Å². The fourth-order valence-corrected chi connectivity index (χ4v) is 3.92. The van der Waals surface area contributed by atoms with E-state index in [9.17, 15) is 4.79 Å². The third-order valence-electron chi connectivity index (χ3n) is 5.77. The standard InChI is InChI=1S/C24H34N4O.C3H8.C2H6/c1-2-21-12-17-27(18-13-21)19-15-26-24(29)23-25-14-8-3-4-9-16-28(23)20-22-10-6-5-7-11-22;1-3-2;1-2/h3-11,21H,2,12-20H2,1H3,(H,26,29);3H2,1-2H3;1-2H3/b8-3-,9-4-,25-23?;;. The van der Waals surface area contributed by atoms with Crippen molar-refractivity contribution in [3.05, 3.63) is 60.2 Å². The first-order valence-electron chi connectivity index (χ1n) is 13.3. The van der Waals surface area contributed by atoms with Crippen molar-refractivity contribution in [3.8, 4) is 0 Å². The van der Waals surface area contributed by atoms with Crippen molar-refractivity contribution in [1.29, 1.82) is 0 Å². The molecule has 0 unspecified atom stereocenters. The first-order chi connectivity index (χ1) is 16.7. The van der Waals surface area contributed by atoms with Crippen molar-refractivity contribution in [1.82, 2.24) is 15.1 Å². The second kappa shape index (κ2) is 19.0.